The van der Waals surface area contributed by atoms with Crippen LogP contribution in [0.1, 0.15) is 6.42 Å². The fraction of sp³-hybridized carbons (Fsp3) is 0.286. The van der Waals surface area contributed by atoms with Gasteiger partial charge < -0.3 is 4.90 Å². The zero-order chi connectivity index (χ0) is 15.1. The van der Waals surface area contributed by atoms with Crippen molar-refractivity contribution in [3.63, 3.8) is 0 Å². The molecule has 7 heteroatoms. The van der Waals surface area contributed by atoms with Crippen molar-refractivity contribution in [2.24, 2.45) is 0 Å². The summed E-state index contributed by atoms with van der Waals surface area (Å²) < 4.78 is 0. The maximum atomic E-state index is 11.8. The summed E-state index contributed by atoms with van der Waals surface area (Å²) in [5.74, 6) is 0.901. The molecule has 1 amide bonds. The Morgan fingerprint density at radius 3 is 2.90 bits per heavy atom. The fourth-order valence-electron chi connectivity index (χ4n) is 1.61. The monoisotopic (exact) mass is 301 g/mol. The van der Waals surface area contributed by atoms with Crippen LogP contribution < -0.4 is 0 Å². The zero-order valence-electron chi connectivity index (χ0n) is 11.6. The molecule has 1 aromatic heterocycles. The number of nitriles is 1. The van der Waals surface area contributed by atoms with Crippen LogP contribution in [-0.4, -0.2) is 45.3 Å². The summed E-state index contributed by atoms with van der Waals surface area (Å²) in [6.07, 6.45) is 0.339. The molecular formula is C14H15N5OS. The van der Waals surface area contributed by atoms with E-state index >= 15 is 0 Å². The number of benzene rings is 1. The first-order chi connectivity index (χ1) is 10.2. The summed E-state index contributed by atoms with van der Waals surface area (Å²) in [6, 6.07) is 11.7. The smallest absolute Gasteiger partial charge is 0.232 e. The number of nitrogens with one attached hydrogen (secondary N) is 1. The molecule has 1 N–H and O–H groups in total. The molecule has 0 saturated heterocycles. The Balaban J connectivity index is 1.89. The Hall–Kier alpha value is -2.33. The summed E-state index contributed by atoms with van der Waals surface area (Å²) in [6.45, 7) is 0.444. The number of H-pyrrole nitrogens is 1. The van der Waals surface area contributed by atoms with Gasteiger partial charge in [-0.15, -0.1) is 5.10 Å². The number of carbonyl (C=O) groups is 1. The summed E-state index contributed by atoms with van der Waals surface area (Å²) in [7, 11) is 1.69. The van der Waals surface area contributed by atoms with E-state index in [1.165, 1.54) is 11.8 Å². The third kappa shape index (κ3) is 4.33. The van der Waals surface area contributed by atoms with Crippen molar-refractivity contribution in [1.82, 2.24) is 20.1 Å². The van der Waals surface area contributed by atoms with Crippen LogP contribution in [-0.2, 0) is 4.79 Å². The van der Waals surface area contributed by atoms with Crippen molar-refractivity contribution in [1.29, 1.82) is 5.26 Å². The minimum Gasteiger partial charge on any atom is -0.344 e. The van der Waals surface area contributed by atoms with E-state index in [2.05, 4.69) is 15.2 Å². The lowest BCUT2D eigenvalue weighted by Gasteiger charge is -2.14. The number of rotatable bonds is 6. The summed E-state index contributed by atoms with van der Waals surface area (Å²) in [4.78, 5) is 17.7. The highest BCUT2D eigenvalue weighted by Gasteiger charge is 2.11. The van der Waals surface area contributed by atoms with Gasteiger partial charge in [0.25, 0.3) is 0 Å². The number of thioether (sulfide) groups is 1. The maximum absolute atomic E-state index is 11.8. The molecule has 6 nitrogen and oxygen atoms in total. The van der Waals surface area contributed by atoms with Gasteiger partial charge in [0.15, 0.2) is 5.82 Å². The van der Waals surface area contributed by atoms with Crippen molar-refractivity contribution in [2.75, 3.05) is 19.3 Å². The van der Waals surface area contributed by atoms with Gasteiger partial charge in [0.05, 0.1) is 18.2 Å². The second kappa shape index (κ2) is 7.45. The van der Waals surface area contributed by atoms with Gasteiger partial charge in [0.1, 0.15) is 0 Å². The fourth-order valence-corrected chi connectivity index (χ4v) is 2.35. The average molecular weight is 301 g/mol. The second-order valence-electron chi connectivity index (χ2n) is 4.34. The molecule has 0 fully saturated rings. The minimum atomic E-state index is -0.0405. The van der Waals surface area contributed by atoms with Crippen molar-refractivity contribution < 1.29 is 4.79 Å². The molecule has 21 heavy (non-hydrogen) atoms. The highest BCUT2D eigenvalue weighted by atomic mass is 32.2. The Kier molecular flexibility index (Phi) is 5.35. The Bertz CT molecular complexity index is 634. The lowest BCUT2D eigenvalue weighted by atomic mass is 10.2. The Morgan fingerprint density at radius 2 is 2.19 bits per heavy atom. The van der Waals surface area contributed by atoms with Gasteiger partial charge >= 0.3 is 0 Å². The van der Waals surface area contributed by atoms with E-state index in [-0.39, 0.29) is 11.7 Å². The third-order valence-electron chi connectivity index (χ3n) is 2.82. The summed E-state index contributed by atoms with van der Waals surface area (Å²) in [5, 5.41) is 16.0. The lowest BCUT2D eigenvalue weighted by molar-refractivity contribution is -0.127. The van der Waals surface area contributed by atoms with Gasteiger partial charge in [-0.1, -0.05) is 42.1 Å². The minimum absolute atomic E-state index is 0.0405. The predicted octanol–water partition coefficient (Wildman–Crippen LogP) is 1.94. The molecule has 0 atom stereocenters. The Labute approximate surface area is 127 Å². The van der Waals surface area contributed by atoms with Gasteiger partial charge in [0, 0.05) is 19.2 Å². The van der Waals surface area contributed by atoms with Crippen LogP contribution in [0.5, 0.6) is 0 Å². The molecule has 108 valence electrons. The predicted molar refractivity (Wildman–Crippen MR) is 80.4 cm³/mol. The first-order valence-electron chi connectivity index (χ1n) is 6.42. The molecule has 0 aliphatic carbocycles. The van der Waals surface area contributed by atoms with Gasteiger partial charge in [-0.2, -0.15) is 5.26 Å². The highest BCUT2D eigenvalue weighted by Crippen LogP contribution is 2.18. The third-order valence-corrected chi connectivity index (χ3v) is 3.65. The summed E-state index contributed by atoms with van der Waals surface area (Å²) >= 11 is 1.28. The number of aromatic nitrogens is 3. The van der Waals surface area contributed by atoms with Crippen LogP contribution in [0.15, 0.2) is 35.5 Å². The maximum Gasteiger partial charge on any atom is 0.232 e. The van der Waals surface area contributed by atoms with Crippen LogP contribution >= 0.6 is 11.8 Å². The number of aromatic amines is 1. The van der Waals surface area contributed by atoms with Gasteiger partial charge in [0.2, 0.25) is 11.1 Å². The number of nitrogens with zero attached hydrogens (tertiary/aromatic N) is 4. The molecule has 0 aliphatic heterocycles. The number of hydrogen-bond donors (Lipinski definition) is 1. The van der Waals surface area contributed by atoms with Crippen LogP contribution in [0, 0.1) is 11.3 Å². The van der Waals surface area contributed by atoms with Crippen molar-refractivity contribution in [3.05, 3.63) is 30.3 Å². The first-order valence-corrected chi connectivity index (χ1v) is 7.41. The van der Waals surface area contributed by atoms with E-state index in [4.69, 9.17) is 5.26 Å². The second-order valence-corrected chi connectivity index (χ2v) is 5.29. The average Bonchev–Trinajstić information content (AvgIpc) is 3.00. The molecule has 2 aromatic rings. The van der Waals surface area contributed by atoms with E-state index in [1.807, 2.05) is 36.4 Å². The molecule has 0 spiro atoms. The molecule has 0 bridgehead atoms. The van der Waals surface area contributed by atoms with Gasteiger partial charge in [-0.25, -0.2) is 4.98 Å². The molecular weight excluding hydrogens is 286 g/mol. The van der Waals surface area contributed by atoms with Gasteiger partial charge in [-0.05, 0) is 0 Å². The molecule has 0 unspecified atom stereocenters. The molecule has 0 radical (unpaired) electrons. The van der Waals surface area contributed by atoms with Gasteiger partial charge in [-0.3, -0.25) is 9.89 Å². The molecule has 1 aromatic carbocycles. The molecule has 1 heterocycles. The number of hydrogen-bond acceptors (Lipinski definition) is 5. The van der Waals surface area contributed by atoms with Crippen molar-refractivity contribution >= 4 is 17.7 Å². The standard InChI is InChI=1S/C14H15N5OS/c1-19(9-5-8-15)12(20)10-21-14-16-13(17-18-14)11-6-3-2-4-7-11/h2-4,6-7H,5,9-10H2,1H3,(H,16,17,18). The molecule has 0 aliphatic rings. The van der Waals surface area contributed by atoms with Crippen LogP contribution in [0.25, 0.3) is 11.4 Å². The van der Waals surface area contributed by atoms with E-state index in [0.717, 1.165) is 5.56 Å². The van der Waals surface area contributed by atoms with E-state index < -0.39 is 0 Å². The first kappa shape index (κ1) is 15.1. The van der Waals surface area contributed by atoms with E-state index in [0.29, 0.717) is 23.9 Å². The Morgan fingerprint density at radius 1 is 1.43 bits per heavy atom. The number of amides is 1. The normalized spacial score (nSPS) is 10.1. The molecule has 0 saturated carbocycles. The quantitative estimate of drug-likeness (QED) is 0.824. The van der Waals surface area contributed by atoms with Crippen molar-refractivity contribution in [2.45, 2.75) is 11.6 Å². The lowest BCUT2D eigenvalue weighted by Crippen LogP contribution is -2.29. The molecule has 2 rings (SSSR count). The summed E-state index contributed by atoms with van der Waals surface area (Å²) in [5.41, 5.74) is 0.953. The number of carbonyl (C=O) groups excluding carboxylic acids is 1. The van der Waals surface area contributed by atoms with E-state index in [1.54, 1.807) is 11.9 Å². The SMILES string of the molecule is CN(CCC#N)C(=O)CSc1n[nH]c(-c2ccccc2)n1. The van der Waals surface area contributed by atoms with Crippen LogP contribution in [0.4, 0.5) is 0 Å². The van der Waals surface area contributed by atoms with Crippen LogP contribution in [0.3, 0.4) is 0 Å². The van der Waals surface area contributed by atoms with E-state index in [9.17, 15) is 4.79 Å². The van der Waals surface area contributed by atoms with Crippen LogP contribution in [0.2, 0.25) is 0 Å². The topological polar surface area (TPSA) is 85.7 Å². The zero-order valence-corrected chi connectivity index (χ0v) is 12.4. The largest absolute Gasteiger partial charge is 0.344 e. The van der Waals surface area contributed by atoms with Crippen molar-refractivity contribution in [3.8, 4) is 17.5 Å². The highest BCUT2D eigenvalue weighted by molar-refractivity contribution is 7.99.